The zero-order valence-corrected chi connectivity index (χ0v) is 11.8. The van der Waals surface area contributed by atoms with E-state index in [1.165, 1.54) is 10.4 Å². The van der Waals surface area contributed by atoms with Gasteiger partial charge >= 0.3 is 6.09 Å². The summed E-state index contributed by atoms with van der Waals surface area (Å²) in [6, 6.07) is 2.05. The minimum atomic E-state index is -0.448. The molecule has 0 fully saturated rings. The Bertz CT molecular complexity index is 505. The van der Waals surface area contributed by atoms with Gasteiger partial charge in [-0.3, -0.25) is 0 Å². The number of amides is 1. The molecule has 0 unspecified atom stereocenters. The standard InChI is InChI=1S/C14H17NO2S/c1-5-11-8-10-6-7-15(9-12(10)18-11)13(16)17-14(2,3)4/h1,8H,6-7,9H2,2-4H3. The molecule has 18 heavy (non-hydrogen) atoms. The van der Waals surface area contributed by atoms with Crippen molar-refractivity contribution in [3.8, 4) is 12.3 Å². The van der Waals surface area contributed by atoms with Gasteiger partial charge in [0.05, 0.1) is 11.4 Å². The van der Waals surface area contributed by atoms with Gasteiger partial charge in [0, 0.05) is 11.4 Å². The van der Waals surface area contributed by atoms with Crippen LogP contribution in [0.3, 0.4) is 0 Å². The Morgan fingerprint density at radius 3 is 2.89 bits per heavy atom. The fraction of sp³-hybridized carbons (Fsp3) is 0.500. The van der Waals surface area contributed by atoms with Crippen LogP contribution in [0.25, 0.3) is 0 Å². The summed E-state index contributed by atoms with van der Waals surface area (Å²) in [4.78, 5) is 15.8. The van der Waals surface area contributed by atoms with Crippen molar-refractivity contribution in [3.05, 3.63) is 21.4 Å². The van der Waals surface area contributed by atoms with Crippen LogP contribution < -0.4 is 0 Å². The highest BCUT2D eigenvalue weighted by Crippen LogP contribution is 2.28. The van der Waals surface area contributed by atoms with E-state index in [0.717, 1.165) is 11.3 Å². The maximum absolute atomic E-state index is 12.0. The fourth-order valence-corrected chi connectivity index (χ4v) is 2.91. The molecule has 0 bridgehead atoms. The van der Waals surface area contributed by atoms with Crippen LogP contribution in [0.5, 0.6) is 0 Å². The summed E-state index contributed by atoms with van der Waals surface area (Å²) in [5.41, 5.74) is 0.823. The molecular formula is C14H17NO2S. The van der Waals surface area contributed by atoms with Crippen LogP contribution in [0.15, 0.2) is 6.07 Å². The molecule has 0 aliphatic carbocycles. The molecule has 4 heteroatoms. The number of carbonyl (C=O) groups is 1. The number of hydrogen-bond donors (Lipinski definition) is 0. The molecule has 0 spiro atoms. The lowest BCUT2D eigenvalue weighted by Gasteiger charge is -2.29. The van der Waals surface area contributed by atoms with E-state index in [2.05, 4.69) is 5.92 Å². The summed E-state index contributed by atoms with van der Waals surface area (Å²) in [5.74, 6) is 2.65. The van der Waals surface area contributed by atoms with Crippen LogP contribution in [0.1, 0.15) is 36.1 Å². The average molecular weight is 263 g/mol. The number of hydrogen-bond acceptors (Lipinski definition) is 3. The Morgan fingerprint density at radius 2 is 2.28 bits per heavy atom. The molecule has 0 saturated heterocycles. The van der Waals surface area contributed by atoms with Gasteiger partial charge in [0.2, 0.25) is 0 Å². The molecular weight excluding hydrogens is 246 g/mol. The summed E-state index contributed by atoms with van der Waals surface area (Å²) in [5, 5.41) is 0. The molecule has 0 saturated carbocycles. The topological polar surface area (TPSA) is 29.5 Å². The van der Waals surface area contributed by atoms with Crippen molar-refractivity contribution in [2.24, 2.45) is 0 Å². The van der Waals surface area contributed by atoms with Gasteiger partial charge in [-0.25, -0.2) is 4.79 Å². The third-order valence-electron chi connectivity index (χ3n) is 2.68. The Labute approximate surface area is 112 Å². The molecule has 0 atom stereocenters. The Kier molecular flexibility index (Phi) is 3.36. The lowest BCUT2D eigenvalue weighted by atomic mass is 10.1. The number of terminal acetylenes is 1. The molecule has 1 aliphatic rings. The molecule has 1 aromatic heterocycles. The highest BCUT2D eigenvalue weighted by atomic mass is 32.1. The molecule has 96 valence electrons. The normalized spacial score (nSPS) is 14.9. The quantitative estimate of drug-likeness (QED) is 0.673. The number of fused-ring (bicyclic) bond motifs is 1. The minimum Gasteiger partial charge on any atom is -0.444 e. The Balaban J connectivity index is 2.08. The summed E-state index contributed by atoms with van der Waals surface area (Å²) in [7, 11) is 0. The second-order valence-electron chi connectivity index (χ2n) is 5.36. The third-order valence-corrected chi connectivity index (χ3v) is 3.77. The van der Waals surface area contributed by atoms with E-state index in [1.54, 1.807) is 16.2 Å². The largest absolute Gasteiger partial charge is 0.444 e. The SMILES string of the molecule is C#Cc1cc2c(s1)CN(C(=O)OC(C)(C)C)CC2. The van der Waals surface area contributed by atoms with Crippen molar-refractivity contribution >= 4 is 17.4 Å². The summed E-state index contributed by atoms with van der Waals surface area (Å²) in [6.07, 6.45) is 6.00. The predicted molar refractivity (Wildman–Crippen MR) is 72.6 cm³/mol. The lowest BCUT2D eigenvalue weighted by molar-refractivity contribution is 0.0226. The van der Waals surface area contributed by atoms with E-state index in [9.17, 15) is 4.79 Å². The second kappa shape index (κ2) is 4.66. The van der Waals surface area contributed by atoms with E-state index in [-0.39, 0.29) is 6.09 Å². The molecule has 0 N–H and O–H groups in total. The van der Waals surface area contributed by atoms with Crippen LogP contribution >= 0.6 is 11.3 Å². The van der Waals surface area contributed by atoms with E-state index >= 15 is 0 Å². The van der Waals surface area contributed by atoms with Gasteiger partial charge in [-0.05, 0) is 38.8 Å². The van der Waals surface area contributed by atoms with Crippen LogP contribution in [0.2, 0.25) is 0 Å². The molecule has 1 aromatic rings. The van der Waals surface area contributed by atoms with E-state index in [0.29, 0.717) is 13.1 Å². The predicted octanol–water partition coefficient (Wildman–Crippen LogP) is 3.02. The third kappa shape index (κ3) is 2.85. The Morgan fingerprint density at radius 1 is 1.56 bits per heavy atom. The maximum Gasteiger partial charge on any atom is 0.410 e. The summed E-state index contributed by atoms with van der Waals surface area (Å²) in [6.45, 7) is 6.94. The van der Waals surface area contributed by atoms with Crippen LogP contribution in [-0.2, 0) is 17.7 Å². The first-order valence-electron chi connectivity index (χ1n) is 5.95. The lowest BCUT2D eigenvalue weighted by Crippen LogP contribution is -2.39. The highest BCUT2D eigenvalue weighted by Gasteiger charge is 2.26. The second-order valence-corrected chi connectivity index (χ2v) is 6.49. The number of ether oxygens (including phenoxy) is 1. The summed E-state index contributed by atoms with van der Waals surface area (Å²) < 4.78 is 5.38. The van der Waals surface area contributed by atoms with E-state index < -0.39 is 5.60 Å². The van der Waals surface area contributed by atoms with Gasteiger partial charge in [0.1, 0.15) is 5.60 Å². The maximum atomic E-state index is 12.0. The first-order chi connectivity index (χ1) is 8.39. The van der Waals surface area contributed by atoms with Gasteiger partial charge in [0.15, 0.2) is 0 Å². The van der Waals surface area contributed by atoms with Crippen molar-refractivity contribution < 1.29 is 9.53 Å². The number of rotatable bonds is 0. The first kappa shape index (κ1) is 13.0. The van der Waals surface area contributed by atoms with Crippen molar-refractivity contribution in [3.63, 3.8) is 0 Å². The van der Waals surface area contributed by atoms with Gasteiger partial charge in [-0.1, -0.05) is 5.92 Å². The zero-order chi connectivity index (χ0) is 13.3. The van der Waals surface area contributed by atoms with E-state index in [4.69, 9.17) is 11.2 Å². The van der Waals surface area contributed by atoms with Gasteiger partial charge in [-0.2, -0.15) is 0 Å². The minimum absolute atomic E-state index is 0.246. The molecule has 1 amide bonds. The van der Waals surface area contributed by atoms with Crippen molar-refractivity contribution in [1.82, 2.24) is 4.90 Å². The van der Waals surface area contributed by atoms with Crippen LogP contribution in [0, 0.1) is 12.3 Å². The number of nitrogens with zero attached hydrogens (tertiary/aromatic N) is 1. The van der Waals surface area contributed by atoms with Crippen LogP contribution in [0.4, 0.5) is 4.79 Å². The molecule has 2 rings (SSSR count). The summed E-state index contributed by atoms with van der Waals surface area (Å²) >= 11 is 1.59. The van der Waals surface area contributed by atoms with Crippen LogP contribution in [-0.4, -0.2) is 23.1 Å². The smallest absolute Gasteiger partial charge is 0.410 e. The number of carbonyl (C=O) groups excluding carboxylic acids is 1. The van der Waals surface area contributed by atoms with Crippen molar-refractivity contribution in [2.75, 3.05) is 6.54 Å². The first-order valence-corrected chi connectivity index (χ1v) is 6.77. The molecule has 3 nitrogen and oxygen atoms in total. The monoisotopic (exact) mass is 263 g/mol. The Hall–Kier alpha value is -1.47. The van der Waals surface area contributed by atoms with Crippen molar-refractivity contribution in [1.29, 1.82) is 0 Å². The molecule has 2 heterocycles. The zero-order valence-electron chi connectivity index (χ0n) is 10.9. The van der Waals surface area contributed by atoms with Gasteiger partial charge < -0.3 is 9.64 Å². The number of thiophene rings is 1. The van der Waals surface area contributed by atoms with Gasteiger partial charge in [0.25, 0.3) is 0 Å². The average Bonchev–Trinajstić information content (AvgIpc) is 2.68. The highest BCUT2D eigenvalue weighted by molar-refractivity contribution is 7.12. The molecule has 0 radical (unpaired) electrons. The molecule has 1 aliphatic heterocycles. The van der Waals surface area contributed by atoms with E-state index in [1.807, 2.05) is 26.8 Å². The van der Waals surface area contributed by atoms with Crippen molar-refractivity contribution in [2.45, 2.75) is 39.3 Å². The van der Waals surface area contributed by atoms with Gasteiger partial charge in [-0.15, -0.1) is 17.8 Å². The molecule has 0 aromatic carbocycles. The fourth-order valence-electron chi connectivity index (χ4n) is 1.87.